The molecule has 0 aromatic heterocycles. The summed E-state index contributed by atoms with van der Waals surface area (Å²) in [5.74, 6) is -0.481. The van der Waals surface area contributed by atoms with Crippen LogP contribution >= 0.6 is 0 Å². The van der Waals surface area contributed by atoms with Crippen LogP contribution in [0.25, 0.3) is 0 Å². The molecule has 0 aliphatic heterocycles. The molecule has 318 valence electrons. The first kappa shape index (κ1) is 52.3. The van der Waals surface area contributed by atoms with Crippen molar-refractivity contribution in [2.75, 3.05) is 6.61 Å². The number of ether oxygens (including phenoxy) is 1. The number of esters is 1. The smallest absolute Gasteiger partial charge is 0.306 e. The van der Waals surface area contributed by atoms with Gasteiger partial charge in [0, 0.05) is 6.42 Å². The number of hydrogen-bond acceptors (Lipinski definition) is 5. The van der Waals surface area contributed by atoms with Crippen LogP contribution in [0.2, 0.25) is 0 Å². The predicted octanol–water partition coefficient (Wildman–Crippen LogP) is 13.6. The van der Waals surface area contributed by atoms with Gasteiger partial charge in [-0.1, -0.05) is 199 Å². The van der Waals surface area contributed by atoms with E-state index >= 15 is 0 Å². The van der Waals surface area contributed by atoms with Gasteiger partial charge in [0.1, 0.15) is 6.10 Å². The van der Waals surface area contributed by atoms with Crippen molar-refractivity contribution in [2.45, 2.75) is 264 Å². The van der Waals surface area contributed by atoms with Gasteiger partial charge >= 0.3 is 5.97 Å². The number of nitrogens with one attached hydrogen (secondary N) is 1. The van der Waals surface area contributed by atoms with Crippen LogP contribution in [-0.4, -0.2) is 46.9 Å². The monoisotopic (exact) mass is 762 g/mol. The van der Waals surface area contributed by atoms with Crippen LogP contribution in [0.15, 0.2) is 24.3 Å². The van der Waals surface area contributed by atoms with Gasteiger partial charge in [0.15, 0.2) is 0 Å². The van der Waals surface area contributed by atoms with Crippen LogP contribution < -0.4 is 5.32 Å². The van der Waals surface area contributed by atoms with Crippen LogP contribution in [0, 0.1) is 0 Å². The van der Waals surface area contributed by atoms with Gasteiger partial charge in [0.05, 0.1) is 25.2 Å². The van der Waals surface area contributed by atoms with E-state index in [0.717, 1.165) is 70.6 Å². The molecule has 3 N–H and O–H groups in total. The molecule has 0 aliphatic carbocycles. The maximum atomic E-state index is 13.1. The van der Waals surface area contributed by atoms with Crippen molar-refractivity contribution in [3.63, 3.8) is 0 Å². The second-order valence-corrected chi connectivity index (χ2v) is 16.2. The first-order valence-electron chi connectivity index (χ1n) is 23.6. The molecule has 0 radical (unpaired) electrons. The minimum absolute atomic E-state index is 0.0725. The number of amides is 1. The number of rotatable bonds is 42. The van der Waals surface area contributed by atoms with Gasteiger partial charge in [-0.3, -0.25) is 9.59 Å². The lowest BCUT2D eigenvalue weighted by Crippen LogP contribution is -2.46. The van der Waals surface area contributed by atoms with Crippen LogP contribution in [0.5, 0.6) is 0 Å². The highest BCUT2D eigenvalue weighted by molar-refractivity contribution is 5.77. The molecule has 0 fully saturated rings. The van der Waals surface area contributed by atoms with E-state index in [4.69, 9.17) is 4.74 Å². The van der Waals surface area contributed by atoms with Gasteiger partial charge in [-0.25, -0.2) is 0 Å². The molecule has 0 heterocycles. The summed E-state index contributed by atoms with van der Waals surface area (Å²) in [7, 11) is 0. The van der Waals surface area contributed by atoms with E-state index in [1.54, 1.807) is 0 Å². The number of unbranched alkanes of at least 4 members (excludes halogenated alkanes) is 26. The fraction of sp³-hybridized carbons (Fsp3) is 0.875. The molecule has 0 saturated heterocycles. The van der Waals surface area contributed by atoms with Gasteiger partial charge < -0.3 is 20.3 Å². The number of allylic oxidation sites excluding steroid dienone is 4. The molecule has 54 heavy (non-hydrogen) atoms. The first-order chi connectivity index (χ1) is 26.5. The molecule has 0 saturated carbocycles. The summed E-state index contributed by atoms with van der Waals surface area (Å²) in [5, 5.41) is 23.6. The molecule has 3 atom stereocenters. The van der Waals surface area contributed by atoms with Crippen molar-refractivity contribution >= 4 is 11.9 Å². The summed E-state index contributed by atoms with van der Waals surface area (Å²) in [4.78, 5) is 26.0. The maximum Gasteiger partial charge on any atom is 0.306 e. The van der Waals surface area contributed by atoms with Crippen LogP contribution in [0.3, 0.4) is 0 Å². The van der Waals surface area contributed by atoms with E-state index in [1.165, 1.54) is 128 Å². The van der Waals surface area contributed by atoms with Gasteiger partial charge in [0.2, 0.25) is 5.91 Å². The third-order valence-corrected chi connectivity index (χ3v) is 10.8. The van der Waals surface area contributed by atoms with Gasteiger partial charge in [0.25, 0.3) is 0 Å². The lowest BCUT2D eigenvalue weighted by Gasteiger charge is -2.24. The molecule has 6 heteroatoms. The van der Waals surface area contributed by atoms with E-state index < -0.39 is 18.2 Å². The third-order valence-electron chi connectivity index (χ3n) is 10.8. The Balaban J connectivity index is 4.60. The average molecular weight is 762 g/mol. The summed E-state index contributed by atoms with van der Waals surface area (Å²) in [6.07, 6.45) is 46.6. The Bertz CT molecular complexity index is 858. The number of carbonyl (C=O) groups is 2. The Morgan fingerprint density at radius 3 is 1.44 bits per heavy atom. The number of carbonyl (C=O) groups excluding carboxylic acids is 2. The van der Waals surface area contributed by atoms with Crippen LogP contribution in [0.4, 0.5) is 0 Å². The maximum absolute atomic E-state index is 13.1. The van der Waals surface area contributed by atoms with Crippen molar-refractivity contribution in [1.82, 2.24) is 5.32 Å². The molecule has 0 aliphatic rings. The lowest BCUT2D eigenvalue weighted by molar-refractivity contribution is -0.151. The summed E-state index contributed by atoms with van der Waals surface area (Å²) < 4.78 is 5.90. The Hall–Kier alpha value is -1.66. The highest BCUT2D eigenvalue weighted by Gasteiger charge is 2.24. The molecule has 0 spiro atoms. The second-order valence-electron chi connectivity index (χ2n) is 16.2. The fourth-order valence-corrected chi connectivity index (χ4v) is 7.17. The minimum Gasteiger partial charge on any atom is -0.462 e. The number of hydrogen-bond donors (Lipinski definition) is 3. The Morgan fingerprint density at radius 2 is 0.944 bits per heavy atom. The standard InChI is InChI=1S/C48H91NO5/c1-4-7-10-13-16-19-22-23-24-25-26-27-30-33-36-39-44(54-48(53)41-38-35-32-29-21-18-15-12-9-6-3)42-47(52)49-45(43-50)46(51)40-37-34-31-28-20-17-14-11-8-5-2/h16,19,23-24,44-46,50-51H,4-15,17-18,20-22,25-43H2,1-3H3,(H,49,52)/b19-16-,24-23-. The van der Waals surface area contributed by atoms with Crippen molar-refractivity contribution in [2.24, 2.45) is 0 Å². The lowest BCUT2D eigenvalue weighted by atomic mass is 10.0. The zero-order valence-electron chi connectivity index (χ0n) is 36.1. The normalized spacial score (nSPS) is 13.5. The molecule has 1 amide bonds. The van der Waals surface area contributed by atoms with Crippen molar-refractivity contribution in [3.8, 4) is 0 Å². The summed E-state index contributed by atoms with van der Waals surface area (Å²) >= 11 is 0. The molecule has 3 unspecified atom stereocenters. The second kappa shape index (κ2) is 42.5. The molecular weight excluding hydrogens is 671 g/mol. The first-order valence-corrected chi connectivity index (χ1v) is 23.6. The molecule has 0 aromatic carbocycles. The predicted molar refractivity (Wildman–Crippen MR) is 232 cm³/mol. The molecule has 0 aromatic rings. The summed E-state index contributed by atoms with van der Waals surface area (Å²) in [5.41, 5.74) is 0. The van der Waals surface area contributed by atoms with Gasteiger partial charge in [-0.15, -0.1) is 0 Å². The van der Waals surface area contributed by atoms with Gasteiger partial charge in [-0.2, -0.15) is 0 Å². The Kier molecular flexibility index (Phi) is 41.2. The highest BCUT2D eigenvalue weighted by atomic mass is 16.5. The minimum atomic E-state index is -0.785. The van der Waals surface area contributed by atoms with E-state index in [2.05, 4.69) is 50.4 Å². The van der Waals surface area contributed by atoms with Crippen molar-refractivity contribution in [3.05, 3.63) is 24.3 Å². The average Bonchev–Trinajstić information content (AvgIpc) is 3.16. The van der Waals surface area contributed by atoms with Crippen LogP contribution in [-0.2, 0) is 14.3 Å². The topological polar surface area (TPSA) is 95.9 Å². The van der Waals surface area contributed by atoms with Crippen molar-refractivity contribution < 1.29 is 24.5 Å². The Morgan fingerprint density at radius 1 is 0.537 bits per heavy atom. The van der Waals surface area contributed by atoms with E-state index in [0.29, 0.717) is 19.3 Å². The number of aliphatic hydroxyl groups is 2. The number of aliphatic hydroxyl groups excluding tert-OH is 2. The molecular formula is C48H91NO5. The molecule has 0 bridgehead atoms. The zero-order valence-corrected chi connectivity index (χ0v) is 36.1. The summed E-state index contributed by atoms with van der Waals surface area (Å²) in [6, 6.07) is -0.699. The quantitative estimate of drug-likeness (QED) is 0.0327. The Labute approximate surface area is 335 Å². The molecule has 0 rings (SSSR count). The zero-order chi connectivity index (χ0) is 39.6. The largest absolute Gasteiger partial charge is 0.462 e. The van der Waals surface area contributed by atoms with E-state index in [9.17, 15) is 19.8 Å². The fourth-order valence-electron chi connectivity index (χ4n) is 7.17. The van der Waals surface area contributed by atoms with Gasteiger partial charge in [-0.05, 0) is 57.8 Å². The summed E-state index contributed by atoms with van der Waals surface area (Å²) in [6.45, 7) is 6.43. The third kappa shape index (κ3) is 37.3. The molecule has 6 nitrogen and oxygen atoms in total. The highest BCUT2D eigenvalue weighted by Crippen LogP contribution is 2.17. The SMILES string of the molecule is CCCCC/C=C\C/C=C\CCCCCCCC(CC(=O)NC(CO)C(O)CCCCCCCCCCCC)OC(=O)CCCCCCCCCCCC. The van der Waals surface area contributed by atoms with Crippen LogP contribution in [0.1, 0.15) is 245 Å². The van der Waals surface area contributed by atoms with Crippen molar-refractivity contribution in [1.29, 1.82) is 0 Å². The van der Waals surface area contributed by atoms with E-state index in [1.807, 2.05) is 0 Å². The van der Waals surface area contributed by atoms with E-state index in [-0.39, 0.29) is 24.9 Å².